The van der Waals surface area contributed by atoms with Gasteiger partial charge in [0, 0.05) is 27.6 Å². The summed E-state index contributed by atoms with van der Waals surface area (Å²) in [6, 6.07) is 20.4. The molecule has 3 aromatic rings. The maximum Gasteiger partial charge on any atom is 0.139 e. The number of anilines is 1. The molecule has 0 radical (unpaired) electrons. The Morgan fingerprint density at radius 1 is 0.889 bits per heavy atom. The monoisotopic (exact) mass is 416 g/mol. The Balaban J connectivity index is 1.83. The van der Waals surface area contributed by atoms with Crippen molar-refractivity contribution in [3.05, 3.63) is 92.9 Å². The third kappa shape index (κ3) is 3.51. The summed E-state index contributed by atoms with van der Waals surface area (Å²) < 4.78 is 0. The van der Waals surface area contributed by atoms with E-state index in [1.807, 2.05) is 59.6 Å². The molecule has 1 atom stereocenters. The van der Waals surface area contributed by atoms with E-state index in [4.69, 9.17) is 39.9 Å². The molecule has 6 heteroatoms. The topological polar surface area (TPSA) is 35.8 Å². The second kappa shape index (κ2) is 7.43. The van der Waals surface area contributed by atoms with Gasteiger partial charge in [0.05, 0.1) is 22.5 Å². The first-order chi connectivity index (χ1) is 13.0. The van der Waals surface area contributed by atoms with Crippen LogP contribution in [0.5, 0.6) is 5.75 Å². The third-order valence-corrected chi connectivity index (χ3v) is 5.37. The van der Waals surface area contributed by atoms with Crippen LogP contribution in [0, 0.1) is 0 Å². The molecule has 0 spiro atoms. The van der Waals surface area contributed by atoms with Crippen LogP contribution in [0.3, 0.4) is 0 Å². The number of halogens is 3. The molecule has 0 fully saturated rings. The quantitative estimate of drug-likeness (QED) is 0.514. The van der Waals surface area contributed by atoms with Gasteiger partial charge in [-0.25, -0.2) is 0 Å². The fourth-order valence-corrected chi connectivity index (χ4v) is 4.02. The van der Waals surface area contributed by atoms with Crippen molar-refractivity contribution in [2.45, 2.75) is 12.5 Å². The summed E-state index contributed by atoms with van der Waals surface area (Å²) in [5, 5.41) is 18.6. The van der Waals surface area contributed by atoms with Gasteiger partial charge in [0.15, 0.2) is 0 Å². The largest absolute Gasteiger partial charge is 0.506 e. The maximum absolute atomic E-state index is 10.6. The lowest BCUT2D eigenvalue weighted by atomic mass is 9.97. The Bertz CT molecular complexity index is 1020. The fourth-order valence-electron chi connectivity index (χ4n) is 3.27. The number of phenols is 1. The summed E-state index contributed by atoms with van der Waals surface area (Å²) in [4.78, 5) is 0. The van der Waals surface area contributed by atoms with E-state index in [0.29, 0.717) is 22.0 Å². The smallest absolute Gasteiger partial charge is 0.139 e. The van der Waals surface area contributed by atoms with Crippen molar-refractivity contribution >= 4 is 46.2 Å². The van der Waals surface area contributed by atoms with Gasteiger partial charge in [-0.2, -0.15) is 5.10 Å². The number of hydrogen-bond donors (Lipinski definition) is 1. The minimum absolute atomic E-state index is 0.0163. The number of rotatable bonds is 3. The number of hydrazone groups is 1. The summed E-state index contributed by atoms with van der Waals surface area (Å²) in [6.45, 7) is 0. The molecule has 0 aromatic heterocycles. The number of aromatic hydroxyl groups is 1. The Labute approximate surface area is 172 Å². The van der Waals surface area contributed by atoms with Crippen LogP contribution < -0.4 is 5.01 Å². The molecule has 1 heterocycles. The predicted octanol–water partition coefficient (Wildman–Crippen LogP) is 6.71. The zero-order valence-electron chi connectivity index (χ0n) is 14.1. The second-order valence-corrected chi connectivity index (χ2v) is 7.50. The normalized spacial score (nSPS) is 16.5. The number of phenolic OH excluding ortho intramolecular Hbond substituents is 1. The second-order valence-electron chi connectivity index (χ2n) is 6.25. The van der Waals surface area contributed by atoms with Gasteiger partial charge in [0.2, 0.25) is 0 Å². The van der Waals surface area contributed by atoms with Crippen molar-refractivity contribution in [3.63, 3.8) is 0 Å². The van der Waals surface area contributed by atoms with Crippen LogP contribution in [0.4, 0.5) is 5.69 Å². The zero-order chi connectivity index (χ0) is 19.0. The van der Waals surface area contributed by atoms with Gasteiger partial charge in [-0.1, -0.05) is 71.2 Å². The van der Waals surface area contributed by atoms with Gasteiger partial charge in [-0.3, -0.25) is 5.01 Å². The molecule has 136 valence electrons. The highest BCUT2D eigenvalue weighted by molar-refractivity contribution is 6.36. The molecule has 0 amide bonds. The van der Waals surface area contributed by atoms with Gasteiger partial charge in [-0.15, -0.1) is 0 Å². The van der Waals surface area contributed by atoms with Crippen LogP contribution in [0.25, 0.3) is 0 Å². The maximum atomic E-state index is 10.6. The third-order valence-electron chi connectivity index (χ3n) is 4.53. The van der Waals surface area contributed by atoms with E-state index < -0.39 is 0 Å². The lowest BCUT2D eigenvalue weighted by molar-refractivity contribution is 0.461. The Morgan fingerprint density at radius 3 is 2.33 bits per heavy atom. The van der Waals surface area contributed by atoms with Gasteiger partial charge in [-0.05, 0) is 30.3 Å². The highest BCUT2D eigenvalue weighted by atomic mass is 35.5. The first kappa shape index (κ1) is 18.2. The van der Waals surface area contributed by atoms with Gasteiger partial charge >= 0.3 is 0 Å². The molecule has 4 rings (SSSR count). The fraction of sp³-hybridized carbons (Fsp3) is 0.0952. The highest BCUT2D eigenvalue weighted by Crippen LogP contribution is 2.43. The van der Waals surface area contributed by atoms with Crippen LogP contribution in [-0.4, -0.2) is 10.8 Å². The number of benzene rings is 3. The number of nitrogens with zero attached hydrogens (tertiary/aromatic N) is 2. The lowest BCUT2D eigenvalue weighted by Gasteiger charge is -2.25. The summed E-state index contributed by atoms with van der Waals surface area (Å²) in [6.07, 6.45) is 0.558. The molecule has 1 unspecified atom stereocenters. The van der Waals surface area contributed by atoms with E-state index in [0.717, 1.165) is 17.0 Å². The zero-order valence-corrected chi connectivity index (χ0v) is 16.4. The molecule has 1 aliphatic rings. The molecule has 0 saturated carbocycles. The summed E-state index contributed by atoms with van der Waals surface area (Å²) in [7, 11) is 0. The number of para-hydroxylation sites is 1. The van der Waals surface area contributed by atoms with E-state index in [1.54, 1.807) is 6.07 Å². The minimum Gasteiger partial charge on any atom is -0.506 e. The van der Waals surface area contributed by atoms with Gasteiger partial charge < -0.3 is 5.11 Å². The highest BCUT2D eigenvalue weighted by Gasteiger charge is 2.33. The van der Waals surface area contributed by atoms with Crippen LogP contribution in [0.2, 0.25) is 15.1 Å². The Hall–Kier alpha value is -2.20. The molecule has 1 aliphatic heterocycles. The summed E-state index contributed by atoms with van der Waals surface area (Å²) in [5.74, 6) is 0.0163. The van der Waals surface area contributed by atoms with E-state index in [2.05, 4.69) is 0 Å². The minimum atomic E-state index is -0.255. The van der Waals surface area contributed by atoms with E-state index in [1.165, 1.54) is 6.07 Å². The standard InChI is InChI=1S/C21H15Cl3N2O/c22-13-10-16(21(27)18(24)11-13)20-12-19(15-8-4-5-9-17(15)23)25-26(20)14-6-2-1-3-7-14/h1-11,20,27H,12H2. The van der Waals surface area contributed by atoms with Crippen LogP contribution >= 0.6 is 34.8 Å². The molecule has 1 N–H and O–H groups in total. The van der Waals surface area contributed by atoms with Crippen molar-refractivity contribution in [3.8, 4) is 5.75 Å². The lowest BCUT2D eigenvalue weighted by Crippen LogP contribution is -2.18. The van der Waals surface area contributed by atoms with Crippen molar-refractivity contribution in [1.82, 2.24) is 0 Å². The average molecular weight is 418 g/mol. The molecular formula is C21H15Cl3N2O. The summed E-state index contributed by atoms with van der Waals surface area (Å²) in [5.41, 5.74) is 3.24. The van der Waals surface area contributed by atoms with Crippen LogP contribution in [0.15, 0.2) is 71.8 Å². The molecular weight excluding hydrogens is 403 g/mol. The van der Waals surface area contributed by atoms with Gasteiger partial charge in [0.25, 0.3) is 0 Å². The summed E-state index contributed by atoms with van der Waals surface area (Å²) >= 11 is 18.7. The first-order valence-electron chi connectivity index (χ1n) is 8.39. The Morgan fingerprint density at radius 2 is 1.59 bits per heavy atom. The van der Waals surface area contributed by atoms with E-state index in [-0.39, 0.29) is 16.8 Å². The van der Waals surface area contributed by atoms with Crippen molar-refractivity contribution in [1.29, 1.82) is 0 Å². The first-order valence-corrected chi connectivity index (χ1v) is 9.52. The molecule has 0 aliphatic carbocycles. The number of hydrogen-bond acceptors (Lipinski definition) is 3. The van der Waals surface area contributed by atoms with Gasteiger partial charge in [0.1, 0.15) is 5.75 Å². The van der Waals surface area contributed by atoms with Crippen LogP contribution in [0.1, 0.15) is 23.6 Å². The molecule has 27 heavy (non-hydrogen) atoms. The molecule has 0 bridgehead atoms. The molecule has 0 saturated heterocycles. The van der Waals surface area contributed by atoms with Crippen molar-refractivity contribution < 1.29 is 5.11 Å². The SMILES string of the molecule is Oc1c(Cl)cc(Cl)cc1C1CC(c2ccccc2Cl)=NN1c1ccccc1. The van der Waals surface area contributed by atoms with E-state index >= 15 is 0 Å². The van der Waals surface area contributed by atoms with Crippen LogP contribution in [-0.2, 0) is 0 Å². The van der Waals surface area contributed by atoms with E-state index in [9.17, 15) is 5.11 Å². The molecule has 3 aromatic carbocycles. The van der Waals surface area contributed by atoms with Crippen molar-refractivity contribution in [2.75, 3.05) is 5.01 Å². The predicted molar refractivity (Wildman–Crippen MR) is 112 cm³/mol. The van der Waals surface area contributed by atoms with Crippen molar-refractivity contribution in [2.24, 2.45) is 5.10 Å². The molecule has 3 nitrogen and oxygen atoms in total. The Kier molecular flexibility index (Phi) is 5.00. The average Bonchev–Trinajstić information content (AvgIpc) is 3.10.